The molecule has 2 N–H and O–H groups in total. The van der Waals surface area contributed by atoms with E-state index >= 15 is 0 Å². The third kappa shape index (κ3) is 4.31. The van der Waals surface area contributed by atoms with Gasteiger partial charge in [0.25, 0.3) is 0 Å². The van der Waals surface area contributed by atoms with Gasteiger partial charge in [-0.15, -0.1) is 0 Å². The van der Waals surface area contributed by atoms with E-state index in [1.807, 2.05) is 4.90 Å². The van der Waals surface area contributed by atoms with Crippen LogP contribution in [0.3, 0.4) is 0 Å². The lowest BCUT2D eigenvalue weighted by molar-refractivity contribution is -0.135. The summed E-state index contributed by atoms with van der Waals surface area (Å²) >= 11 is 0. The average molecular weight is 288 g/mol. The van der Waals surface area contributed by atoms with Gasteiger partial charge in [0.1, 0.15) is 0 Å². The summed E-state index contributed by atoms with van der Waals surface area (Å²) in [5.74, 6) is 1.10. The van der Waals surface area contributed by atoms with E-state index in [2.05, 4.69) is 44.2 Å². The topological polar surface area (TPSA) is 46.3 Å². The molecule has 116 valence electrons. The maximum absolute atomic E-state index is 12.4. The molecule has 1 aromatic carbocycles. The third-order valence-corrected chi connectivity index (χ3v) is 4.84. The fourth-order valence-corrected chi connectivity index (χ4v) is 3.01. The van der Waals surface area contributed by atoms with Crippen molar-refractivity contribution in [3.05, 3.63) is 35.9 Å². The summed E-state index contributed by atoms with van der Waals surface area (Å²) in [6, 6.07) is 10.3. The number of rotatable bonds is 5. The molecule has 1 aromatic rings. The molecule has 1 aliphatic heterocycles. The van der Waals surface area contributed by atoms with Gasteiger partial charge in [-0.25, -0.2) is 0 Å². The summed E-state index contributed by atoms with van der Waals surface area (Å²) < 4.78 is 0. The number of nitrogens with two attached hydrogens (primary N) is 1. The Morgan fingerprint density at radius 2 is 1.90 bits per heavy atom. The van der Waals surface area contributed by atoms with Crippen molar-refractivity contribution in [1.29, 1.82) is 0 Å². The molecule has 2 rings (SSSR count). The van der Waals surface area contributed by atoms with E-state index in [-0.39, 0.29) is 17.9 Å². The van der Waals surface area contributed by atoms with Crippen LogP contribution in [-0.4, -0.2) is 29.9 Å². The minimum atomic E-state index is -0.333. The van der Waals surface area contributed by atoms with E-state index < -0.39 is 0 Å². The van der Waals surface area contributed by atoms with Crippen LogP contribution in [0, 0.1) is 11.8 Å². The van der Waals surface area contributed by atoms with Crippen LogP contribution in [0.5, 0.6) is 0 Å². The normalized spacial score (nSPS) is 19.3. The van der Waals surface area contributed by atoms with E-state index in [1.54, 1.807) is 0 Å². The van der Waals surface area contributed by atoms with E-state index in [4.69, 9.17) is 5.73 Å². The van der Waals surface area contributed by atoms with Gasteiger partial charge in [-0.1, -0.05) is 50.6 Å². The van der Waals surface area contributed by atoms with Crippen LogP contribution in [0.4, 0.5) is 0 Å². The molecular weight excluding hydrogens is 260 g/mol. The van der Waals surface area contributed by atoms with Crippen LogP contribution in [0.15, 0.2) is 30.3 Å². The van der Waals surface area contributed by atoms with Crippen molar-refractivity contribution in [2.45, 2.75) is 45.6 Å². The van der Waals surface area contributed by atoms with Crippen LogP contribution < -0.4 is 5.73 Å². The molecule has 0 aliphatic carbocycles. The van der Waals surface area contributed by atoms with Gasteiger partial charge >= 0.3 is 0 Å². The lowest BCUT2D eigenvalue weighted by atomic mass is 9.89. The van der Waals surface area contributed by atoms with Crippen molar-refractivity contribution in [3.63, 3.8) is 0 Å². The summed E-state index contributed by atoms with van der Waals surface area (Å²) in [6.07, 6.45) is 4.26. The largest absolute Gasteiger partial charge is 0.341 e. The van der Waals surface area contributed by atoms with E-state index in [1.165, 1.54) is 5.56 Å². The number of amides is 1. The van der Waals surface area contributed by atoms with Crippen molar-refractivity contribution in [1.82, 2.24) is 4.90 Å². The van der Waals surface area contributed by atoms with Gasteiger partial charge in [0.15, 0.2) is 0 Å². The highest BCUT2D eigenvalue weighted by Crippen LogP contribution is 2.22. The first kappa shape index (κ1) is 16.0. The zero-order valence-electron chi connectivity index (χ0n) is 13.3. The number of carbonyl (C=O) groups is 1. The zero-order valence-corrected chi connectivity index (χ0v) is 13.3. The average Bonchev–Trinajstić information content (AvgIpc) is 2.54. The monoisotopic (exact) mass is 288 g/mol. The Bertz CT molecular complexity index is 438. The molecule has 3 heteroatoms. The maximum Gasteiger partial charge on any atom is 0.239 e. The van der Waals surface area contributed by atoms with Crippen LogP contribution in [0.1, 0.15) is 38.7 Å². The number of nitrogens with zero attached hydrogens (tertiary/aromatic N) is 1. The zero-order chi connectivity index (χ0) is 15.2. The number of benzene rings is 1. The Morgan fingerprint density at radius 1 is 1.29 bits per heavy atom. The molecule has 1 heterocycles. The number of likely N-dealkylation sites (tertiary alicyclic amines) is 1. The lowest BCUT2D eigenvalue weighted by Gasteiger charge is -2.34. The van der Waals surface area contributed by atoms with Gasteiger partial charge in [-0.05, 0) is 36.7 Å². The van der Waals surface area contributed by atoms with Crippen LogP contribution in [0.25, 0.3) is 0 Å². The third-order valence-electron chi connectivity index (χ3n) is 4.84. The highest BCUT2D eigenvalue weighted by atomic mass is 16.2. The Labute approximate surface area is 128 Å². The standard InChI is InChI=1S/C18H28N2O/c1-3-14(2)17(19)18(21)20-11-9-16(10-12-20)13-15-7-5-4-6-8-15/h4-8,14,16-17H,3,9-13,19H2,1-2H3/t14-,17+/m1/s1. The second-order valence-corrected chi connectivity index (χ2v) is 6.37. The van der Waals surface area contributed by atoms with Gasteiger partial charge in [-0.3, -0.25) is 4.79 Å². The summed E-state index contributed by atoms with van der Waals surface area (Å²) in [7, 11) is 0. The first-order valence-electron chi connectivity index (χ1n) is 8.20. The number of piperidine rings is 1. The summed E-state index contributed by atoms with van der Waals surface area (Å²) in [4.78, 5) is 14.3. The van der Waals surface area contributed by atoms with Crippen molar-refractivity contribution in [3.8, 4) is 0 Å². The Kier molecular flexibility index (Phi) is 5.80. The Morgan fingerprint density at radius 3 is 2.48 bits per heavy atom. The predicted molar refractivity (Wildman–Crippen MR) is 86.9 cm³/mol. The lowest BCUT2D eigenvalue weighted by Crippen LogP contribution is -2.49. The van der Waals surface area contributed by atoms with Crippen LogP contribution >= 0.6 is 0 Å². The van der Waals surface area contributed by atoms with Crippen molar-refractivity contribution >= 4 is 5.91 Å². The SMILES string of the molecule is CC[C@@H](C)[C@H](N)C(=O)N1CCC(Cc2ccccc2)CC1. The second kappa shape index (κ2) is 7.60. The van der Waals surface area contributed by atoms with E-state index in [0.29, 0.717) is 5.92 Å². The molecule has 0 spiro atoms. The molecule has 0 unspecified atom stereocenters. The molecule has 0 aromatic heterocycles. The Hall–Kier alpha value is -1.35. The fraction of sp³-hybridized carbons (Fsp3) is 0.611. The molecule has 1 fully saturated rings. The smallest absolute Gasteiger partial charge is 0.239 e. The first-order chi connectivity index (χ1) is 10.1. The number of hydrogen-bond donors (Lipinski definition) is 1. The summed E-state index contributed by atoms with van der Waals surface area (Å²) in [6.45, 7) is 5.87. The predicted octanol–water partition coefficient (Wildman–Crippen LogP) is 2.84. The van der Waals surface area contributed by atoms with Crippen molar-refractivity contribution in [2.24, 2.45) is 17.6 Å². The summed E-state index contributed by atoms with van der Waals surface area (Å²) in [5, 5.41) is 0. The highest BCUT2D eigenvalue weighted by Gasteiger charge is 2.28. The number of hydrogen-bond acceptors (Lipinski definition) is 2. The second-order valence-electron chi connectivity index (χ2n) is 6.37. The molecule has 21 heavy (non-hydrogen) atoms. The molecule has 0 saturated carbocycles. The molecule has 0 bridgehead atoms. The minimum absolute atomic E-state index is 0.141. The van der Waals surface area contributed by atoms with E-state index in [9.17, 15) is 4.79 Å². The molecule has 1 saturated heterocycles. The van der Waals surface area contributed by atoms with E-state index in [0.717, 1.165) is 38.8 Å². The molecular formula is C18H28N2O. The molecule has 0 radical (unpaired) electrons. The van der Waals surface area contributed by atoms with Crippen LogP contribution in [0.2, 0.25) is 0 Å². The van der Waals surface area contributed by atoms with Gasteiger partial charge in [0.2, 0.25) is 5.91 Å². The molecule has 3 nitrogen and oxygen atoms in total. The molecule has 2 atom stereocenters. The van der Waals surface area contributed by atoms with Gasteiger partial charge in [0, 0.05) is 13.1 Å². The quantitative estimate of drug-likeness (QED) is 0.905. The number of carbonyl (C=O) groups excluding carboxylic acids is 1. The molecule has 1 aliphatic rings. The minimum Gasteiger partial charge on any atom is -0.341 e. The van der Waals surface area contributed by atoms with Gasteiger partial charge in [0.05, 0.1) is 6.04 Å². The highest BCUT2D eigenvalue weighted by molar-refractivity contribution is 5.82. The fourth-order valence-electron chi connectivity index (χ4n) is 3.01. The molecule has 1 amide bonds. The first-order valence-corrected chi connectivity index (χ1v) is 8.20. The van der Waals surface area contributed by atoms with Gasteiger partial charge < -0.3 is 10.6 Å². The Balaban J connectivity index is 1.81. The van der Waals surface area contributed by atoms with Gasteiger partial charge in [-0.2, -0.15) is 0 Å². The van der Waals surface area contributed by atoms with Crippen LogP contribution in [-0.2, 0) is 11.2 Å². The van der Waals surface area contributed by atoms with Crippen molar-refractivity contribution in [2.75, 3.05) is 13.1 Å². The van der Waals surface area contributed by atoms with Crippen molar-refractivity contribution < 1.29 is 4.79 Å². The summed E-state index contributed by atoms with van der Waals surface area (Å²) in [5.41, 5.74) is 7.47. The maximum atomic E-state index is 12.4.